The molecule has 1 fully saturated rings. The fourth-order valence-corrected chi connectivity index (χ4v) is 3.50. The van der Waals surface area contributed by atoms with Crippen molar-refractivity contribution in [1.29, 1.82) is 0 Å². The van der Waals surface area contributed by atoms with Crippen LogP contribution in [0.15, 0.2) is 54.6 Å². The number of carboxylic acid groups (broad SMARTS) is 1. The minimum Gasteiger partial charge on any atom is -0.489 e. The van der Waals surface area contributed by atoms with Gasteiger partial charge in [0.25, 0.3) is 0 Å². The molecule has 1 saturated heterocycles. The number of hydrogen-bond donors (Lipinski definition) is 3. The Kier molecular flexibility index (Phi) is 7.64. The van der Waals surface area contributed by atoms with E-state index in [1.54, 1.807) is 0 Å². The summed E-state index contributed by atoms with van der Waals surface area (Å²) in [5.74, 6) is -0.161. The normalized spacial score (nSPS) is 15.4. The zero-order valence-electron chi connectivity index (χ0n) is 16.5. The lowest BCUT2D eigenvalue weighted by molar-refractivity contribution is -0.142. The van der Waals surface area contributed by atoms with Gasteiger partial charge in [0.1, 0.15) is 18.4 Å². The molecule has 0 aromatic heterocycles. The molecule has 3 rings (SSSR count). The highest BCUT2D eigenvalue weighted by molar-refractivity contribution is 5.83. The van der Waals surface area contributed by atoms with Crippen LogP contribution in [0, 0.1) is 5.92 Å². The van der Waals surface area contributed by atoms with Crippen molar-refractivity contribution >= 4 is 11.9 Å². The third-order valence-corrected chi connectivity index (χ3v) is 5.18. The molecule has 6 nitrogen and oxygen atoms in total. The lowest BCUT2D eigenvalue weighted by Crippen LogP contribution is -2.43. The summed E-state index contributed by atoms with van der Waals surface area (Å²) in [7, 11) is 0. The van der Waals surface area contributed by atoms with E-state index in [0.717, 1.165) is 42.8 Å². The van der Waals surface area contributed by atoms with Gasteiger partial charge in [0.2, 0.25) is 5.91 Å². The van der Waals surface area contributed by atoms with Crippen molar-refractivity contribution in [2.24, 2.45) is 5.92 Å². The second-order valence-corrected chi connectivity index (χ2v) is 7.48. The van der Waals surface area contributed by atoms with Crippen LogP contribution in [0.3, 0.4) is 0 Å². The summed E-state index contributed by atoms with van der Waals surface area (Å²) in [5.41, 5.74) is 1.92. The van der Waals surface area contributed by atoms with Crippen molar-refractivity contribution in [2.75, 3.05) is 13.1 Å². The van der Waals surface area contributed by atoms with Gasteiger partial charge >= 0.3 is 5.97 Å². The van der Waals surface area contributed by atoms with E-state index in [1.165, 1.54) is 0 Å². The minimum atomic E-state index is -1.02. The molecule has 6 heteroatoms. The molecule has 154 valence electrons. The largest absolute Gasteiger partial charge is 0.489 e. The number of benzene rings is 2. The van der Waals surface area contributed by atoms with E-state index >= 15 is 0 Å². The Morgan fingerprint density at radius 1 is 1.03 bits per heavy atom. The quantitative estimate of drug-likeness (QED) is 0.607. The Bertz CT molecular complexity index is 786. The lowest BCUT2D eigenvalue weighted by atomic mass is 9.94. The molecule has 0 spiro atoms. The first kappa shape index (κ1) is 20.9. The number of amides is 1. The zero-order valence-corrected chi connectivity index (χ0v) is 16.5. The van der Waals surface area contributed by atoms with Crippen molar-refractivity contribution in [2.45, 2.75) is 38.3 Å². The summed E-state index contributed by atoms with van der Waals surface area (Å²) in [5, 5.41) is 15.5. The van der Waals surface area contributed by atoms with Crippen LogP contribution < -0.4 is 15.4 Å². The van der Waals surface area contributed by atoms with Crippen LogP contribution in [0.1, 0.15) is 30.4 Å². The van der Waals surface area contributed by atoms with Crippen molar-refractivity contribution in [3.05, 3.63) is 65.7 Å². The van der Waals surface area contributed by atoms with Gasteiger partial charge in [-0.25, -0.2) is 4.79 Å². The second-order valence-electron chi connectivity index (χ2n) is 7.48. The molecule has 0 bridgehead atoms. The molecule has 0 saturated carbocycles. The molecule has 29 heavy (non-hydrogen) atoms. The van der Waals surface area contributed by atoms with Crippen LogP contribution in [0.5, 0.6) is 5.75 Å². The van der Waals surface area contributed by atoms with Crippen molar-refractivity contribution in [1.82, 2.24) is 10.6 Å². The number of piperidine rings is 1. The topological polar surface area (TPSA) is 87.7 Å². The minimum absolute atomic E-state index is 0.188. The van der Waals surface area contributed by atoms with E-state index in [4.69, 9.17) is 4.74 Å². The van der Waals surface area contributed by atoms with Crippen LogP contribution in [0.4, 0.5) is 0 Å². The number of carbonyl (C=O) groups is 2. The molecule has 2 aromatic carbocycles. The van der Waals surface area contributed by atoms with E-state index in [-0.39, 0.29) is 12.3 Å². The average Bonchev–Trinajstić information content (AvgIpc) is 2.74. The van der Waals surface area contributed by atoms with Gasteiger partial charge in [-0.3, -0.25) is 4.79 Å². The Morgan fingerprint density at radius 3 is 2.38 bits per heavy atom. The number of nitrogens with one attached hydrogen (secondary N) is 2. The summed E-state index contributed by atoms with van der Waals surface area (Å²) < 4.78 is 5.76. The molecule has 2 aromatic rings. The number of aliphatic carboxylic acids is 1. The van der Waals surface area contributed by atoms with Gasteiger partial charge in [-0.1, -0.05) is 42.5 Å². The number of hydrogen-bond acceptors (Lipinski definition) is 4. The molecular weight excluding hydrogens is 368 g/mol. The van der Waals surface area contributed by atoms with Crippen LogP contribution >= 0.6 is 0 Å². The summed E-state index contributed by atoms with van der Waals surface area (Å²) in [6.45, 7) is 2.31. The summed E-state index contributed by atoms with van der Waals surface area (Å²) in [6.07, 6.45) is 2.54. The van der Waals surface area contributed by atoms with Gasteiger partial charge in [-0.05, 0) is 55.1 Å². The van der Waals surface area contributed by atoms with E-state index < -0.39 is 12.0 Å². The van der Waals surface area contributed by atoms with E-state index in [2.05, 4.69) is 10.6 Å². The maximum atomic E-state index is 12.3. The lowest BCUT2D eigenvalue weighted by Gasteiger charge is -2.23. The Hall–Kier alpha value is -2.86. The molecule has 1 unspecified atom stereocenters. The molecule has 0 radical (unpaired) electrons. The highest BCUT2D eigenvalue weighted by Gasteiger charge is 2.23. The fraction of sp³-hybridized carbons (Fsp3) is 0.391. The van der Waals surface area contributed by atoms with Gasteiger partial charge in [-0.2, -0.15) is 0 Å². The van der Waals surface area contributed by atoms with Gasteiger partial charge < -0.3 is 20.5 Å². The molecule has 1 atom stereocenters. The smallest absolute Gasteiger partial charge is 0.326 e. The fourth-order valence-electron chi connectivity index (χ4n) is 3.50. The highest BCUT2D eigenvalue weighted by atomic mass is 16.5. The molecule has 3 N–H and O–H groups in total. The first-order valence-electron chi connectivity index (χ1n) is 10.1. The van der Waals surface area contributed by atoms with Gasteiger partial charge in [0.15, 0.2) is 0 Å². The molecule has 1 amide bonds. The van der Waals surface area contributed by atoms with E-state index in [0.29, 0.717) is 18.9 Å². The Labute approximate surface area is 171 Å². The van der Waals surface area contributed by atoms with Crippen molar-refractivity contribution < 1.29 is 19.4 Å². The monoisotopic (exact) mass is 396 g/mol. The SMILES string of the molecule is O=C(CC1CCNCC1)NC(Cc1ccc(OCc2ccccc2)cc1)C(=O)O. The Morgan fingerprint density at radius 2 is 1.72 bits per heavy atom. The zero-order chi connectivity index (χ0) is 20.5. The maximum absolute atomic E-state index is 12.3. The van der Waals surface area contributed by atoms with Gasteiger partial charge in [0, 0.05) is 12.8 Å². The molecule has 1 heterocycles. The number of carbonyl (C=O) groups excluding carboxylic acids is 1. The molecule has 1 aliphatic heterocycles. The van der Waals surface area contributed by atoms with Crippen molar-refractivity contribution in [3.8, 4) is 5.75 Å². The van der Waals surface area contributed by atoms with Gasteiger partial charge in [0.05, 0.1) is 0 Å². The second kappa shape index (κ2) is 10.6. The summed E-state index contributed by atoms with van der Waals surface area (Å²) >= 11 is 0. The first-order valence-corrected chi connectivity index (χ1v) is 10.1. The molecule has 0 aliphatic carbocycles. The third-order valence-electron chi connectivity index (χ3n) is 5.18. The van der Waals surface area contributed by atoms with Crippen LogP contribution in [-0.4, -0.2) is 36.1 Å². The standard InChI is InChI=1S/C23H28N2O4/c26-22(15-18-10-12-24-13-11-18)25-21(23(27)28)14-17-6-8-20(9-7-17)29-16-19-4-2-1-3-5-19/h1-9,18,21,24H,10-16H2,(H,25,26)(H,27,28). The Balaban J connectivity index is 1.50. The number of rotatable bonds is 9. The molecule has 1 aliphatic rings. The van der Waals surface area contributed by atoms with Crippen molar-refractivity contribution in [3.63, 3.8) is 0 Å². The average molecular weight is 396 g/mol. The number of ether oxygens (including phenoxy) is 1. The third kappa shape index (κ3) is 6.91. The van der Waals surface area contributed by atoms with Crippen LogP contribution in [0.25, 0.3) is 0 Å². The number of carboxylic acids is 1. The van der Waals surface area contributed by atoms with Gasteiger partial charge in [-0.15, -0.1) is 0 Å². The molecular formula is C23H28N2O4. The van der Waals surface area contributed by atoms with E-state index in [1.807, 2.05) is 54.6 Å². The van der Waals surface area contributed by atoms with Crippen LogP contribution in [0.2, 0.25) is 0 Å². The predicted molar refractivity (Wildman–Crippen MR) is 111 cm³/mol. The van der Waals surface area contributed by atoms with E-state index in [9.17, 15) is 14.7 Å². The predicted octanol–water partition coefficient (Wildman–Crippen LogP) is 2.77. The maximum Gasteiger partial charge on any atom is 0.326 e. The summed E-state index contributed by atoms with van der Waals surface area (Å²) in [4.78, 5) is 23.9. The first-order chi connectivity index (χ1) is 14.1. The summed E-state index contributed by atoms with van der Waals surface area (Å²) in [6, 6.07) is 16.3. The van der Waals surface area contributed by atoms with Crippen LogP contribution in [-0.2, 0) is 22.6 Å². The highest BCUT2D eigenvalue weighted by Crippen LogP contribution is 2.17.